The van der Waals surface area contributed by atoms with Gasteiger partial charge in [0.15, 0.2) is 5.16 Å². The number of hydrogen-bond acceptors (Lipinski definition) is 5. The number of aromatic nitrogens is 3. The van der Waals surface area contributed by atoms with Gasteiger partial charge in [-0.3, -0.25) is 14.2 Å². The Bertz CT molecular complexity index is 1590. The Morgan fingerprint density at radius 3 is 2.74 bits per heavy atom. The Hall–Kier alpha value is -4.11. The largest absolute Gasteiger partial charge is 0.497 e. The van der Waals surface area contributed by atoms with Gasteiger partial charge in [-0.1, -0.05) is 48.2 Å². The van der Waals surface area contributed by atoms with E-state index in [1.165, 1.54) is 16.7 Å². The predicted octanol–water partition coefficient (Wildman–Crippen LogP) is 4.75. The van der Waals surface area contributed by atoms with Crippen molar-refractivity contribution < 1.29 is 13.9 Å². The van der Waals surface area contributed by atoms with Crippen LogP contribution in [0.15, 0.2) is 82.7 Å². The van der Waals surface area contributed by atoms with Crippen LogP contribution in [-0.4, -0.2) is 33.3 Å². The van der Waals surface area contributed by atoms with Crippen molar-refractivity contribution in [3.63, 3.8) is 0 Å². The first-order chi connectivity index (χ1) is 16.5. The van der Waals surface area contributed by atoms with E-state index in [2.05, 4.69) is 10.3 Å². The number of rotatable bonds is 6. The van der Waals surface area contributed by atoms with E-state index in [9.17, 15) is 14.0 Å². The molecular formula is C25H19FN4O3S. The molecule has 3 aromatic carbocycles. The molecule has 0 spiro atoms. The molecule has 0 radical (unpaired) electrons. The van der Waals surface area contributed by atoms with E-state index in [1.807, 2.05) is 24.3 Å². The summed E-state index contributed by atoms with van der Waals surface area (Å²) in [6.45, 7) is 0. The summed E-state index contributed by atoms with van der Waals surface area (Å²) in [6.07, 6.45) is 0. The van der Waals surface area contributed by atoms with Gasteiger partial charge in [0.1, 0.15) is 22.6 Å². The number of carbonyl (C=O) groups is 1. The maximum Gasteiger partial charge on any atom is 0.283 e. The molecule has 2 N–H and O–H groups in total. The van der Waals surface area contributed by atoms with Crippen molar-refractivity contribution in [2.24, 2.45) is 0 Å². The second-order valence-electron chi connectivity index (χ2n) is 7.45. The molecule has 2 heterocycles. The zero-order chi connectivity index (χ0) is 23.7. The molecule has 2 aromatic heterocycles. The van der Waals surface area contributed by atoms with Gasteiger partial charge >= 0.3 is 0 Å². The Labute approximate surface area is 197 Å². The van der Waals surface area contributed by atoms with Crippen molar-refractivity contribution in [3.8, 4) is 11.4 Å². The van der Waals surface area contributed by atoms with E-state index in [4.69, 9.17) is 9.72 Å². The topological polar surface area (TPSA) is 89.0 Å². The lowest BCUT2D eigenvalue weighted by Gasteiger charge is -2.13. The number of benzene rings is 3. The number of thioether (sulfide) groups is 1. The molecule has 0 aliphatic heterocycles. The molecule has 34 heavy (non-hydrogen) atoms. The number of nitrogens with zero attached hydrogens (tertiary/aromatic N) is 2. The van der Waals surface area contributed by atoms with Crippen LogP contribution in [0, 0.1) is 5.82 Å². The van der Waals surface area contributed by atoms with Crippen LogP contribution < -0.4 is 15.6 Å². The van der Waals surface area contributed by atoms with Gasteiger partial charge in [-0.05, 0) is 30.3 Å². The Kier molecular flexibility index (Phi) is 5.77. The van der Waals surface area contributed by atoms with E-state index in [-0.39, 0.29) is 17.0 Å². The number of anilines is 1. The Morgan fingerprint density at radius 1 is 1.12 bits per heavy atom. The van der Waals surface area contributed by atoms with Crippen molar-refractivity contribution in [3.05, 3.63) is 89.0 Å². The van der Waals surface area contributed by atoms with Gasteiger partial charge in [0, 0.05) is 17.0 Å². The van der Waals surface area contributed by atoms with Crippen LogP contribution in [0.4, 0.5) is 10.1 Å². The summed E-state index contributed by atoms with van der Waals surface area (Å²) >= 11 is 1.09. The molecule has 7 nitrogen and oxygen atoms in total. The number of hydrogen-bond donors (Lipinski definition) is 2. The molecule has 0 saturated heterocycles. The molecule has 170 valence electrons. The van der Waals surface area contributed by atoms with Gasteiger partial charge in [-0.2, -0.15) is 0 Å². The second-order valence-corrected chi connectivity index (χ2v) is 8.39. The first-order valence-corrected chi connectivity index (χ1v) is 11.4. The van der Waals surface area contributed by atoms with E-state index in [0.717, 1.165) is 22.7 Å². The lowest BCUT2D eigenvalue weighted by Crippen LogP contribution is -2.23. The Balaban J connectivity index is 1.58. The summed E-state index contributed by atoms with van der Waals surface area (Å²) in [7, 11) is 1.55. The predicted molar refractivity (Wildman–Crippen MR) is 132 cm³/mol. The summed E-state index contributed by atoms with van der Waals surface area (Å²) in [5.41, 5.74) is 2.03. The molecule has 1 amide bonds. The minimum atomic E-state index is -0.521. The molecule has 0 bridgehead atoms. The monoisotopic (exact) mass is 474 g/mol. The average molecular weight is 475 g/mol. The smallest absolute Gasteiger partial charge is 0.283 e. The molecule has 0 unspecified atom stereocenters. The van der Waals surface area contributed by atoms with Crippen LogP contribution in [0.3, 0.4) is 0 Å². The zero-order valence-corrected chi connectivity index (χ0v) is 18.9. The third-order valence-electron chi connectivity index (χ3n) is 5.29. The molecular weight excluding hydrogens is 455 g/mol. The summed E-state index contributed by atoms with van der Waals surface area (Å²) in [6, 6.07) is 20.5. The van der Waals surface area contributed by atoms with Crippen LogP contribution in [0.2, 0.25) is 0 Å². The summed E-state index contributed by atoms with van der Waals surface area (Å²) in [5, 5.41) is 3.70. The highest BCUT2D eigenvalue weighted by Crippen LogP contribution is 2.27. The first kappa shape index (κ1) is 21.7. The highest BCUT2D eigenvalue weighted by Gasteiger charge is 2.18. The lowest BCUT2D eigenvalue weighted by molar-refractivity contribution is -0.113. The number of amides is 1. The van der Waals surface area contributed by atoms with Crippen LogP contribution >= 0.6 is 11.8 Å². The van der Waals surface area contributed by atoms with Crippen LogP contribution in [0.1, 0.15) is 0 Å². The number of para-hydroxylation sites is 2. The van der Waals surface area contributed by atoms with Crippen LogP contribution in [-0.2, 0) is 4.79 Å². The normalized spacial score (nSPS) is 11.1. The minimum Gasteiger partial charge on any atom is -0.497 e. The average Bonchev–Trinajstić information content (AvgIpc) is 3.23. The fraction of sp³-hybridized carbons (Fsp3) is 0.0800. The van der Waals surface area contributed by atoms with Gasteiger partial charge in [0.2, 0.25) is 5.91 Å². The summed E-state index contributed by atoms with van der Waals surface area (Å²) in [5.74, 6) is -0.430. The second kappa shape index (κ2) is 9.03. The lowest BCUT2D eigenvalue weighted by atomic mass is 10.2. The fourth-order valence-electron chi connectivity index (χ4n) is 3.70. The minimum absolute atomic E-state index is 0.0708. The van der Waals surface area contributed by atoms with E-state index >= 15 is 0 Å². The third-order valence-corrected chi connectivity index (χ3v) is 6.22. The van der Waals surface area contributed by atoms with Crippen molar-refractivity contribution in [2.75, 3.05) is 18.2 Å². The maximum absolute atomic E-state index is 13.9. The number of aromatic amines is 1. The number of nitrogens with one attached hydrogen (secondary N) is 2. The van der Waals surface area contributed by atoms with Gasteiger partial charge in [-0.15, -0.1) is 0 Å². The number of H-pyrrole nitrogens is 1. The standard InChI is InChI=1S/C25H19FN4O3S/c1-33-16-8-6-7-15(13-16)30-24(32)23-22(17-9-2-4-11-19(17)28-23)29-25(30)34-14-21(31)27-20-12-5-3-10-18(20)26/h2-13,28H,14H2,1H3,(H,27,31). The number of carbonyl (C=O) groups excluding carboxylic acids is 1. The number of fused-ring (bicyclic) bond motifs is 3. The molecule has 5 rings (SSSR count). The third kappa shape index (κ3) is 4.01. The van der Waals surface area contributed by atoms with E-state index in [1.54, 1.807) is 43.5 Å². The van der Waals surface area contributed by atoms with E-state index in [0.29, 0.717) is 27.6 Å². The molecule has 0 fully saturated rings. The van der Waals surface area contributed by atoms with Gasteiger partial charge in [-0.25, -0.2) is 9.37 Å². The molecule has 0 atom stereocenters. The first-order valence-electron chi connectivity index (χ1n) is 10.4. The SMILES string of the molecule is COc1cccc(-n2c(SCC(=O)Nc3ccccc3F)nc3c([nH]c4ccccc43)c2=O)c1. The zero-order valence-electron chi connectivity index (χ0n) is 18.0. The fourth-order valence-corrected chi connectivity index (χ4v) is 4.50. The molecule has 0 aliphatic carbocycles. The van der Waals surface area contributed by atoms with E-state index < -0.39 is 11.7 Å². The summed E-state index contributed by atoms with van der Waals surface area (Å²) in [4.78, 5) is 34.1. The van der Waals surface area contributed by atoms with Crippen molar-refractivity contribution >= 4 is 45.3 Å². The van der Waals surface area contributed by atoms with Gasteiger partial charge < -0.3 is 15.0 Å². The molecule has 0 saturated carbocycles. The highest BCUT2D eigenvalue weighted by molar-refractivity contribution is 7.99. The summed E-state index contributed by atoms with van der Waals surface area (Å²) < 4.78 is 20.7. The number of methoxy groups -OCH3 is 1. The van der Waals surface area contributed by atoms with Gasteiger partial charge in [0.05, 0.1) is 24.2 Å². The molecule has 9 heteroatoms. The Morgan fingerprint density at radius 2 is 1.91 bits per heavy atom. The van der Waals surface area contributed by atoms with Crippen molar-refractivity contribution in [1.29, 1.82) is 0 Å². The molecule has 5 aromatic rings. The van der Waals surface area contributed by atoms with Crippen LogP contribution in [0.25, 0.3) is 27.6 Å². The van der Waals surface area contributed by atoms with Crippen LogP contribution in [0.5, 0.6) is 5.75 Å². The van der Waals surface area contributed by atoms with Crippen molar-refractivity contribution in [2.45, 2.75) is 5.16 Å². The molecule has 0 aliphatic rings. The quantitative estimate of drug-likeness (QED) is 0.274. The maximum atomic E-state index is 13.9. The highest BCUT2D eigenvalue weighted by atomic mass is 32.2. The number of halogens is 1. The van der Waals surface area contributed by atoms with Gasteiger partial charge in [0.25, 0.3) is 5.56 Å². The number of ether oxygens (including phenoxy) is 1. The van der Waals surface area contributed by atoms with Crippen molar-refractivity contribution in [1.82, 2.24) is 14.5 Å².